The molecule has 0 aromatic carbocycles. The Labute approximate surface area is 79.0 Å². The Hall–Kier alpha value is -1.51. The van der Waals surface area contributed by atoms with Crippen LogP contribution in [0.15, 0.2) is 36.8 Å². The van der Waals surface area contributed by atoms with E-state index in [-0.39, 0.29) is 5.57 Å². The molecule has 3 heteroatoms. The van der Waals surface area contributed by atoms with Gasteiger partial charge in [0.1, 0.15) is 0 Å². The monoisotopic (exact) mass is 184 g/mol. The van der Waals surface area contributed by atoms with Gasteiger partial charge in [-0.15, -0.1) is 0 Å². The summed E-state index contributed by atoms with van der Waals surface area (Å²) in [4.78, 5) is 9.60. The lowest BCUT2D eigenvalue weighted by Gasteiger charge is -1.82. The van der Waals surface area contributed by atoms with Crippen LogP contribution >= 0.6 is 0 Å². The van der Waals surface area contributed by atoms with Crippen molar-refractivity contribution in [1.82, 2.24) is 0 Å². The Balaban J connectivity index is 0. The van der Waals surface area contributed by atoms with E-state index in [0.717, 1.165) is 0 Å². The van der Waals surface area contributed by atoms with Crippen LogP contribution in [0.2, 0.25) is 0 Å². The van der Waals surface area contributed by atoms with Gasteiger partial charge in [0.05, 0.1) is 12.5 Å². The van der Waals surface area contributed by atoms with Gasteiger partial charge < -0.3 is 9.84 Å². The van der Waals surface area contributed by atoms with Crippen molar-refractivity contribution in [2.75, 3.05) is 0 Å². The van der Waals surface area contributed by atoms with Crippen molar-refractivity contribution in [3.63, 3.8) is 0 Å². The van der Waals surface area contributed by atoms with Gasteiger partial charge in [-0.1, -0.05) is 18.7 Å². The topological polar surface area (TPSA) is 46.5 Å². The van der Waals surface area contributed by atoms with E-state index in [1.54, 1.807) is 12.5 Å². The summed E-state index contributed by atoms with van der Waals surface area (Å²) in [6.07, 6.45) is 6.92. The number of carboxylic acid groups (broad SMARTS) is 1. The number of carbonyl (C=O) groups is 1. The molecule has 0 rings (SSSR count). The number of allylic oxidation sites excluding steroid dienone is 2. The van der Waals surface area contributed by atoms with Gasteiger partial charge in [0.25, 0.3) is 0 Å². The molecular formula is C10H16O3. The van der Waals surface area contributed by atoms with Gasteiger partial charge in [-0.3, -0.25) is 0 Å². The highest BCUT2D eigenvalue weighted by molar-refractivity contribution is 5.84. The van der Waals surface area contributed by atoms with Gasteiger partial charge >= 0.3 is 5.97 Å². The zero-order chi connectivity index (χ0) is 10.7. The van der Waals surface area contributed by atoms with E-state index in [1.165, 1.54) is 6.92 Å². The van der Waals surface area contributed by atoms with E-state index in [0.29, 0.717) is 0 Å². The third-order valence-electron chi connectivity index (χ3n) is 0.794. The molecule has 0 saturated heterocycles. The van der Waals surface area contributed by atoms with Crippen molar-refractivity contribution in [3.05, 3.63) is 36.8 Å². The molecule has 0 spiro atoms. The molecule has 0 atom stereocenters. The smallest absolute Gasteiger partial charge is 0.330 e. The minimum Gasteiger partial charge on any atom is -0.478 e. The average molecular weight is 184 g/mol. The maximum absolute atomic E-state index is 9.60. The van der Waals surface area contributed by atoms with Crippen molar-refractivity contribution in [3.8, 4) is 0 Å². The third kappa shape index (κ3) is 18.0. The van der Waals surface area contributed by atoms with Crippen LogP contribution < -0.4 is 0 Å². The molecule has 1 N–H and O–H groups in total. The molecule has 0 radical (unpaired) electrons. The molecule has 0 bridgehead atoms. The van der Waals surface area contributed by atoms with Crippen LogP contribution in [0.4, 0.5) is 0 Å². The van der Waals surface area contributed by atoms with Gasteiger partial charge in [0.15, 0.2) is 0 Å². The lowest BCUT2D eigenvalue weighted by molar-refractivity contribution is -0.132. The van der Waals surface area contributed by atoms with Crippen molar-refractivity contribution in [2.45, 2.75) is 20.8 Å². The molecule has 0 amide bonds. The largest absolute Gasteiger partial charge is 0.478 e. The first-order chi connectivity index (χ1) is 6.06. The molecule has 0 fully saturated rings. The molecule has 0 aromatic heterocycles. The standard InChI is InChI=1S/C6H10O.C4H6O2/c1-3-5-7-6-4-2;1-3(2)4(5)6/h3-6H,1-2H3;1H2,2H3,(H,5,6). The molecule has 13 heavy (non-hydrogen) atoms. The Morgan fingerprint density at radius 1 is 1.31 bits per heavy atom. The Morgan fingerprint density at radius 2 is 1.62 bits per heavy atom. The molecule has 0 saturated carbocycles. The second-order valence-electron chi connectivity index (χ2n) is 2.16. The number of rotatable bonds is 3. The molecule has 0 aliphatic heterocycles. The van der Waals surface area contributed by atoms with Crippen molar-refractivity contribution in [2.24, 2.45) is 0 Å². The molecular weight excluding hydrogens is 168 g/mol. The maximum atomic E-state index is 9.60. The first-order valence-electron chi connectivity index (χ1n) is 3.82. The molecule has 0 heterocycles. The molecule has 3 nitrogen and oxygen atoms in total. The van der Waals surface area contributed by atoms with E-state index in [4.69, 9.17) is 9.84 Å². The molecule has 0 aromatic rings. The summed E-state index contributed by atoms with van der Waals surface area (Å²) in [6.45, 7) is 8.41. The maximum Gasteiger partial charge on any atom is 0.330 e. The first kappa shape index (κ1) is 14.0. The van der Waals surface area contributed by atoms with Gasteiger partial charge in [-0.05, 0) is 20.8 Å². The van der Waals surface area contributed by atoms with E-state index >= 15 is 0 Å². The molecule has 0 aliphatic rings. The highest BCUT2D eigenvalue weighted by Crippen LogP contribution is 1.81. The van der Waals surface area contributed by atoms with Crippen LogP contribution in [-0.2, 0) is 9.53 Å². The van der Waals surface area contributed by atoms with E-state index in [9.17, 15) is 4.79 Å². The zero-order valence-corrected chi connectivity index (χ0v) is 8.28. The van der Waals surface area contributed by atoms with Gasteiger partial charge in [0.2, 0.25) is 0 Å². The summed E-state index contributed by atoms with van der Waals surface area (Å²) in [5.41, 5.74) is 0.176. The summed E-state index contributed by atoms with van der Waals surface area (Å²) in [6, 6.07) is 0. The van der Waals surface area contributed by atoms with Crippen LogP contribution in [0.1, 0.15) is 20.8 Å². The lowest BCUT2D eigenvalue weighted by atomic mass is 10.4. The fraction of sp³-hybridized carbons (Fsp3) is 0.300. The third-order valence-corrected chi connectivity index (χ3v) is 0.794. The highest BCUT2D eigenvalue weighted by atomic mass is 16.5. The van der Waals surface area contributed by atoms with Crippen molar-refractivity contribution in [1.29, 1.82) is 0 Å². The number of ether oxygens (including phenoxy) is 1. The fourth-order valence-corrected chi connectivity index (χ4v) is 0.202. The van der Waals surface area contributed by atoms with Gasteiger partial charge in [-0.25, -0.2) is 4.79 Å². The molecule has 74 valence electrons. The van der Waals surface area contributed by atoms with Crippen LogP contribution in [0, 0.1) is 0 Å². The van der Waals surface area contributed by atoms with Gasteiger partial charge in [0, 0.05) is 5.57 Å². The summed E-state index contributed by atoms with van der Waals surface area (Å²) in [5, 5.41) is 7.89. The number of aliphatic carboxylic acids is 1. The normalized spacial score (nSPS) is 9.46. The lowest BCUT2D eigenvalue weighted by Crippen LogP contribution is -1.92. The quantitative estimate of drug-likeness (QED) is 0.542. The van der Waals surface area contributed by atoms with E-state index < -0.39 is 5.97 Å². The highest BCUT2D eigenvalue weighted by Gasteiger charge is 1.90. The minimum absolute atomic E-state index is 0.176. The predicted molar refractivity (Wildman–Crippen MR) is 53.2 cm³/mol. The van der Waals surface area contributed by atoms with Crippen molar-refractivity contribution >= 4 is 5.97 Å². The van der Waals surface area contributed by atoms with Crippen molar-refractivity contribution < 1.29 is 14.6 Å². The summed E-state index contributed by atoms with van der Waals surface area (Å²) in [5.74, 6) is -0.935. The second kappa shape index (κ2) is 10.5. The number of hydrogen-bond donors (Lipinski definition) is 1. The SMILES string of the molecule is C=C(C)C(=O)O.CC=COC=CC. The minimum atomic E-state index is -0.935. The van der Waals surface area contributed by atoms with Crippen LogP contribution in [0.5, 0.6) is 0 Å². The summed E-state index contributed by atoms with van der Waals surface area (Å²) < 4.78 is 4.77. The van der Waals surface area contributed by atoms with E-state index in [2.05, 4.69) is 6.58 Å². The summed E-state index contributed by atoms with van der Waals surface area (Å²) in [7, 11) is 0. The average Bonchev–Trinajstić information content (AvgIpc) is 2.06. The number of hydrogen-bond acceptors (Lipinski definition) is 2. The van der Waals surface area contributed by atoms with Crippen LogP contribution in [0.25, 0.3) is 0 Å². The first-order valence-corrected chi connectivity index (χ1v) is 3.82. The fourth-order valence-electron chi connectivity index (χ4n) is 0.202. The van der Waals surface area contributed by atoms with Crippen LogP contribution in [-0.4, -0.2) is 11.1 Å². The predicted octanol–water partition coefficient (Wildman–Crippen LogP) is 2.72. The Kier molecular flexibility index (Phi) is 11.3. The molecule has 0 unspecified atom stereocenters. The zero-order valence-electron chi connectivity index (χ0n) is 8.28. The summed E-state index contributed by atoms with van der Waals surface area (Å²) >= 11 is 0. The van der Waals surface area contributed by atoms with E-state index in [1.807, 2.05) is 26.0 Å². The Morgan fingerprint density at radius 3 is 1.77 bits per heavy atom. The number of carboxylic acids is 1. The van der Waals surface area contributed by atoms with Gasteiger partial charge in [-0.2, -0.15) is 0 Å². The van der Waals surface area contributed by atoms with Crippen LogP contribution in [0.3, 0.4) is 0 Å². The Bertz CT molecular complexity index is 180. The molecule has 0 aliphatic carbocycles. The second-order valence-corrected chi connectivity index (χ2v) is 2.16.